The average molecular weight is 300 g/mol. The van der Waals surface area contributed by atoms with Gasteiger partial charge in [-0.05, 0) is 40.0 Å². The van der Waals surface area contributed by atoms with Crippen molar-refractivity contribution in [1.29, 1.82) is 0 Å². The minimum absolute atomic E-state index is 0.485. The zero-order chi connectivity index (χ0) is 12.7. The van der Waals surface area contributed by atoms with Crippen LogP contribution in [-0.2, 0) is 6.54 Å². The quantitative estimate of drug-likeness (QED) is 0.648. The first-order valence-corrected chi connectivity index (χ1v) is 6.33. The maximum absolute atomic E-state index is 5.70. The Morgan fingerprint density at radius 2 is 2.29 bits per heavy atom. The zero-order valence-corrected chi connectivity index (χ0v) is 11.8. The summed E-state index contributed by atoms with van der Waals surface area (Å²) in [5.41, 5.74) is 6.79. The van der Waals surface area contributed by atoms with Crippen LogP contribution in [0, 0.1) is 0 Å². The second kappa shape index (κ2) is 7.17. The maximum Gasteiger partial charge on any atom is 0.188 e. The molecule has 0 spiro atoms. The van der Waals surface area contributed by atoms with Gasteiger partial charge in [-0.2, -0.15) is 0 Å². The Labute approximate surface area is 110 Å². The van der Waals surface area contributed by atoms with E-state index in [9.17, 15) is 0 Å². The van der Waals surface area contributed by atoms with Gasteiger partial charge in [-0.25, -0.2) is 4.99 Å². The van der Waals surface area contributed by atoms with Crippen molar-refractivity contribution in [3.05, 3.63) is 28.2 Å². The molecule has 0 saturated heterocycles. The van der Waals surface area contributed by atoms with Crippen LogP contribution in [0.2, 0.25) is 0 Å². The number of halogens is 1. The van der Waals surface area contributed by atoms with Crippen molar-refractivity contribution in [2.75, 3.05) is 13.7 Å². The summed E-state index contributed by atoms with van der Waals surface area (Å²) in [5.74, 6) is 1.30. The number of nitrogens with two attached hydrogens (primary N) is 1. The van der Waals surface area contributed by atoms with Gasteiger partial charge in [0.1, 0.15) is 5.75 Å². The van der Waals surface area contributed by atoms with Gasteiger partial charge in [-0.3, -0.25) is 0 Å². The fourth-order valence-corrected chi connectivity index (χ4v) is 1.88. The molecule has 1 aromatic carbocycles. The molecule has 0 aliphatic carbocycles. The van der Waals surface area contributed by atoms with Gasteiger partial charge in [-0.15, -0.1) is 0 Å². The molecule has 0 heterocycles. The lowest BCUT2D eigenvalue weighted by Gasteiger charge is -2.06. The van der Waals surface area contributed by atoms with Crippen molar-refractivity contribution in [2.45, 2.75) is 19.9 Å². The van der Waals surface area contributed by atoms with Crippen LogP contribution in [0.25, 0.3) is 0 Å². The van der Waals surface area contributed by atoms with E-state index in [1.807, 2.05) is 18.2 Å². The highest BCUT2D eigenvalue weighted by Gasteiger charge is 2.00. The second-order valence-electron chi connectivity index (χ2n) is 3.60. The summed E-state index contributed by atoms with van der Waals surface area (Å²) in [6.45, 7) is 3.49. The van der Waals surface area contributed by atoms with E-state index in [1.165, 1.54) is 0 Å². The molecule has 1 rings (SSSR count). The van der Waals surface area contributed by atoms with Crippen molar-refractivity contribution in [2.24, 2.45) is 10.7 Å². The van der Waals surface area contributed by atoms with Crippen LogP contribution < -0.4 is 15.8 Å². The number of guanidine groups is 1. The molecule has 0 aromatic heterocycles. The smallest absolute Gasteiger partial charge is 0.188 e. The number of nitrogens with zero attached hydrogens (tertiary/aromatic N) is 1. The van der Waals surface area contributed by atoms with Crippen LogP contribution in [0.3, 0.4) is 0 Å². The number of nitrogens with one attached hydrogen (secondary N) is 1. The monoisotopic (exact) mass is 299 g/mol. The maximum atomic E-state index is 5.70. The van der Waals surface area contributed by atoms with Gasteiger partial charge < -0.3 is 15.8 Å². The van der Waals surface area contributed by atoms with Crippen LogP contribution in [-0.4, -0.2) is 19.6 Å². The van der Waals surface area contributed by atoms with Gasteiger partial charge in [0.15, 0.2) is 5.96 Å². The van der Waals surface area contributed by atoms with Crippen molar-refractivity contribution >= 4 is 21.9 Å². The van der Waals surface area contributed by atoms with Crippen molar-refractivity contribution in [1.82, 2.24) is 5.32 Å². The van der Waals surface area contributed by atoms with Gasteiger partial charge in [0, 0.05) is 6.54 Å². The molecule has 3 N–H and O–H groups in total. The highest BCUT2D eigenvalue weighted by atomic mass is 79.9. The summed E-state index contributed by atoms with van der Waals surface area (Å²) >= 11 is 3.44. The minimum Gasteiger partial charge on any atom is -0.496 e. The Hall–Kier alpha value is -1.23. The minimum atomic E-state index is 0.485. The molecule has 0 saturated carbocycles. The van der Waals surface area contributed by atoms with Gasteiger partial charge in [0.25, 0.3) is 0 Å². The van der Waals surface area contributed by atoms with Crippen molar-refractivity contribution in [3.63, 3.8) is 0 Å². The number of benzene rings is 1. The highest BCUT2D eigenvalue weighted by molar-refractivity contribution is 9.10. The number of ether oxygens (including phenoxy) is 1. The summed E-state index contributed by atoms with van der Waals surface area (Å²) in [5, 5.41) is 3.03. The van der Waals surface area contributed by atoms with Crippen LogP contribution in [0.4, 0.5) is 0 Å². The standard InChI is InChI=1S/C12H18BrN3O/c1-3-6-15-12(14)16-8-9-4-5-11(17-2)10(13)7-9/h4-5,7H,3,6,8H2,1-2H3,(H3,14,15,16). The Balaban J connectivity index is 2.60. The summed E-state index contributed by atoms with van der Waals surface area (Å²) in [6.07, 6.45) is 1.03. The zero-order valence-electron chi connectivity index (χ0n) is 10.2. The predicted octanol–water partition coefficient (Wildman–Crippen LogP) is 2.27. The lowest BCUT2D eigenvalue weighted by atomic mass is 10.2. The van der Waals surface area contributed by atoms with E-state index in [1.54, 1.807) is 7.11 Å². The largest absolute Gasteiger partial charge is 0.496 e. The third-order valence-corrected chi connectivity index (χ3v) is 2.82. The fourth-order valence-electron chi connectivity index (χ4n) is 1.29. The van der Waals surface area contributed by atoms with E-state index in [-0.39, 0.29) is 0 Å². The van der Waals surface area contributed by atoms with E-state index in [0.717, 1.165) is 28.8 Å². The Bertz CT molecular complexity index is 393. The van der Waals surface area contributed by atoms with Crippen LogP contribution in [0.5, 0.6) is 5.75 Å². The van der Waals surface area contributed by atoms with E-state index in [0.29, 0.717) is 12.5 Å². The molecular formula is C12H18BrN3O. The normalized spacial score (nSPS) is 11.4. The van der Waals surface area contributed by atoms with E-state index in [4.69, 9.17) is 10.5 Å². The first-order valence-electron chi connectivity index (χ1n) is 5.53. The molecule has 0 unspecified atom stereocenters. The van der Waals surface area contributed by atoms with Gasteiger partial charge in [0.05, 0.1) is 18.1 Å². The summed E-state index contributed by atoms with van der Waals surface area (Å²) < 4.78 is 6.08. The third kappa shape index (κ3) is 4.65. The van der Waals surface area contributed by atoms with Crippen LogP contribution >= 0.6 is 15.9 Å². The van der Waals surface area contributed by atoms with Gasteiger partial charge >= 0.3 is 0 Å². The number of hydrogen-bond donors (Lipinski definition) is 2. The molecule has 94 valence electrons. The molecule has 0 aliphatic heterocycles. The number of rotatable bonds is 5. The summed E-state index contributed by atoms with van der Waals surface area (Å²) in [4.78, 5) is 4.25. The number of aliphatic imine (C=N–C) groups is 1. The number of methoxy groups -OCH3 is 1. The van der Waals surface area contributed by atoms with Crippen LogP contribution in [0.1, 0.15) is 18.9 Å². The molecule has 1 aromatic rings. The molecule has 0 atom stereocenters. The molecule has 0 amide bonds. The summed E-state index contributed by atoms with van der Waals surface area (Å²) in [6, 6.07) is 5.86. The van der Waals surface area contributed by atoms with E-state index in [2.05, 4.69) is 33.2 Å². The number of hydrogen-bond acceptors (Lipinski definition) is 2. The Morgan fingerprint density at radius 3 is 2.88 bits per heavy atom. The third-order valence-electron chi connectivity index (χ3n) is 2.20. The SMILES string of the molecule is CCCNC(N)=NCc1ccc(OC)c(Br)c1. The Morgan fingerprint density at radius 1 is 1.53 bits per heavy atom. The lowest BCUT2D eigenvalue weighted by molar-refractivity contribution is 0.412. The fraction of sp³-hybridized carbons (Fsp3) is 0.417. The first kappa shape index (κ1) is 13.8. The Kier molecular flexibility index (Phi) is 5.83. The molecule has 0 fully saturated rings. The molecule has 4 nitrogen and oxygen atoms in total. The molecular weight excluding hydrogens is 282 g/mol. The molecule has 0 aliphatic rings. The van der Waals surface area contributed by atoms with Gasteiger partial charge in [-0.1, -0.05) is 13.0 Å². The lowest BCUT2D eigenvalue weighted by Crippen LogP contribution is -2.32. The second-order valence-corrected chi connectivity index (χ2v) is 4.45. The van der Waals surface area contributed by atoms with Crippen LogP contribution in [0.15, 0.2) is 27.7 Å². The van der Waals surface area contributed by atoms with Crippen molar-refractivity contribution in [3.8, 4) is 5.75 Å². The summed E-state index contributed by atoms with van der Waals surface area (Å²) in [7, 11) is 1.64. The predicted molar refractivity (Wildman–Crippen MR) is 74.3 cm³/mol. The van der Waals surface area contributed by atoms with E-state index >= 15 is 0 Å². The average Bonchev–Trinajstić information content (AvgIpc) is 2.34. The van der Waals surface area contributed by atoms with Crippen molar-refractivity contribution < 1.29 is 4.74 Å². The molecule has 0 bridgehead atoms. The molecule has 17 heavy (non-hydrogen) atoms. The first-order chi connectivity index (χ1) is 8.17. The topological polar surface area (TPSA) is 59.6 Å². The van der Waals surface area contributed by atoms with E-state index < -0.39 is 0 Å². The highest BCUT2D eigenvalue weighted by Crippen LogP contribution is 2.25. The molecule has 0 radical (unpaired) electrons. The molecule has 5 heteroatoms. The van der Waals surface area contributed by atoms with Gasteiger partial charge in [0.2, 0.25) is 0 Å².